The fourth-order valence-corrected chi connectivity index (χ4v) is 1.19. The highest BCUT2D eigenvalue weighted by Crippen LogP contribution is 2.18. The molecule has 15 heavy (non-hydrogen) atoms. The minimum atomic E-state index is -0.679. The van der Waals surface area contributed by atoms with Crippen LogP contribution in [0.1, 0.15) is 25.2 Å². The lowest BCUT2D eigenvalue weighted by Crippen LogP contribution is -2.16. The summed E-state index contributed by atoms with van der Waals surface area (Å²) in [7, 11) is 0. The summed E-state index contributed by atoms with van der Waals surface area (Å²) in [6.07, 6.45) is 3.57. The lowest BCUT2D eigenvalue weighted by atomic mass is 9.95. The third-order valence-corrected chi connectivity index (χ3v) is 2.16. The molecule has 76 valence electrons. The number of nitrogens with zero attached hydrogens (tertiary/aromatic N) is 5. The number of hydrogen-bond donors (Lipinski definition) is 0. The van der Waals surface area contributed by atoms with Crippen molar-refractivity contribution in [2.45, 2.75) is 26.2 Å². The molecule has 0 radical (unpaired) electrons. The van der Waals surface area contributed by atoms with E-state index in [2.05, 4.69) is 21.1 Å². The largest absolute Gasteiger partial charge is 0.252 e. The molecule has 2 rings (SSSR count). The molecule has 0 bridgehead atoms. The van der Waals surface area contributed by atoms with Crippen LogP contribution in [0, 0.1) is 18.3 Å². The normalized spacial score (nSPS) is 11.6. The van der Waals surface area contributed by atoms with Gasteiger partial charge >= 0.3 is 0 Å². The van der Waals surface area contributed by atoms with E-state index in [0.29, 0.717) is 11.6 Å². The molecule has 0 unspecified atom stereocenters. The fraction of sp³-hybridized carbons (Fsp3) is 0.400. The number of rotatable bonds is 1. The van der Waals surface area contributed by atoms with E-state index in [4.69, 9.17) is 5.26 Å². The summed E-state index contributed by atoms with van der Waals surface area (Å²) in [5.74, 6) is 1.03. The van der Waals surface area contributed by atoms with E-state index in [0.717, 1.165) is 5.56 Å². The lowest BCUT2D eigenvalue weighted by molar-refractivity contribution is 0.627. The second kappa shape index (κ2) is 3.02. The zero-order valence-corrected chi connectivity index (χ0v) is 8.89. The lowest BCUT2D eigenvalue weighted by Gasteiger charge is -2.07. The van der Waals surface area contributed by atoms with Crippen molar-refractivity contribution in [3.8, 4) is 6.07 Å². The first-order valence-electron chi connectivity index (χ1n) is 4.64. The molecule has 0 atom stereocenters. The molecule has 0 N–H and O–H groups in total. The average Bonchev–Trinajstić information content (AvgIpc) is 2.61. The van der Waals surface area contributed by atoms with Crippen molar-refractivity contribution in [3.63, 3.8) is 0 Å². The fourth-order valence-electron chi connectivity index (χ4n) is 1.19. The van der Waals surface area contributed by atoms with Gasteiger partial charge in [-0.05, 0) is 26.3 Å². The van der Waals surface area contributed by atoms with Crippen LogP contribution in [0.25, 0.3) is 5.78 Å². The molecular formula is C10H11N5. The molecule has 0 saturated carbocycles. The molecule has 2 aromatic heterocycles. The van der Waals surface area contributed by atoms with Gasteiger partial charge in [0.1, 0.15) is 5.41 Å². The molecule has 2 heterocycles. The predicted molar refractivity (Wildman–Crippen MR) is 54.2 cm³/mol. The van der Waals surface area contributed by atoms with Gasteiger partial charge in [0.25, 0.3) is 5.78 Å². The zero-order chi connectivity index (χ0) is 11.1. The minimum absolute atomic E-state index is 0.503. The Morgan fingerprint density at radius 3 is 2.87 bits per heavy atom. The van der Waals surface area contributed by atoms with Gasteiger partial charge < -0.3 is 0 Å². The number of hydrogen-bond acceptors (Lipinski definition) is 4. The topological polar surface area (TPSA) is 66.9 Å². The Balaban J connectivity index is 2.63. The van der Waals surface area contributed by atoms with E-state index in [1.165, 1.54) is 0 Å². The summed E-state index contributed by atoms with van der Waals surface area (Å²) in [6, 6.07) is 2.17. The minimum Gasteiger partial charge on any atom is -0.219 e. The number of fused-ring (bicyclic) bond motifs is 1. The molecule has 0 aliphatic carbocycles. The Labute approximate surface area is 87.4 Å². The van der Waals surface area contributed by atoms with Gasteiger partial charge in [-0.2, -0.15) is 10.2 Å². The smallest absolute Gasteiger partial charge is 0.219 e. The molecule has 0 amide bonds. The molecule has 0 aromatic carbocycles. The first kappa shape index (κ1) is 9.59. The van der Waals surface area contributed by atoms with Gasteiger partial charge in [-0.15, -0.1) is 5.10 Å². The molecule has 0 spiro atoms. The van der Waals surface area contributed by atoms with E-state index in [1.54, 1.807) is 24.6 Å². The van der Waals surface area contributed by atoms with Crippen molar-refractivity contribution in [1.29, 1.82) is 5.26 Å². The van der Waals surface area contributed by atoms with Gasteiger partial charge in [-0.1, -0.05) is 0 Å². The number of nitriles is 1. The quantitative estimate of drug-likeness (QED) is 0.696. The van der Waals surface area contributed by atoms with Gasteiger partial charge in [0.15, 0.2) is 5.82 Å². The van der Waals surface area contributed by atoms with Crippen LogP contribution in [0.2, 0.25) is 0 Å². The van der Waals surface area contributed by atoms with Crippen molar-refractivity contribution in [2.24, 2.45) is 0 Å². The summed E-state index contributed by atoms with van der Waals surface area (Å²) in [4.78, 5) is 8.34. The molecule has 2 aromatic rings. The van der Waals surface area contributed by atoms with Crippen molar-refractivity contribution in [3.05, 3.63) is 23.8 Å². The highest BCUT2D eigenvalue weighted by Gasteiger charge is 2.25. The van der Waals surface area contributed by atoms with Crippen LogP contribution in [0.4, 0.5) is 0 Å². The summed E-state index contributed by atoms with van der Waals surface area (Å²) < 4.78 is 1.60. The van der Waals surface area contributed by atoms with E-state index in [-0.39, 0.29) is 0 Å². The summed E-state index contributed by atoms with van der Waals surface area (Å²) in [5, 5.41) is 13.2. The van der Waals surface area contributed by atoms with Gasteiger partial charge in [0.2, 0.25) is 0 Å². The Morgan fingerprint density at radius 1 is 1.47 bits per heavy atom. The van der Waals surface area contributed by atoms with Crippen molar-refractivity contribution in [1.82, 2.24) is 19.6 Å². The first-order chi connectivity index (χ1) is 7.03. The standard InChI is InChI=1S/C10H11N5/c1-7-4-12-9-13-8(10(2,3)6-11)14-15(9)5-7/h4-5H,1-3H3. The Hall–Kier alpha value is -1.96. The van der Waals surface area contributed by atoms with Crippen LogP contribution in [0.5, 0.6) is 0 Å². The van der Waals surface area contributed by atoms with Gasteiger partial charge in [0.05, 0.1) is 6.07 Å². The van der Waals surface area contributed by atoms with Crippen LogP contribution >= 0.6 is 0 Å². The van der Waals surface area contributed by atoms with E-state index >= 15 is 0 Å². The highest BCUT2D eigenvalue weighted by atomic mass is 15.3. The van der Waals surface area contributed by atoms with Crippen molar-refractivity contribution >= 4 is 5.78 Å². The molecule has 5 nitrogen and oxygen atoms in total. The van der Waals surface area contributed by atoms with Crippen LogP contribution in [-0.2, 0) is 5.41 Å². The maximum Gasteiger partial charge on any atom is 0.252 e. The third kappa shape index (κ3) is 1.54. The van der Waals surface area contributed by atoms with E-state index in [9.17, 15) is 0 Å². The van der Waals surface area contributed by atoms with Crippen LogP contribution in [0.15, 0.2) is 12.4 Å². The monoisotopic (exact) mass is 201 g/mol. The number of aryl methyl sites for hydroxylation is 1. The summed E-state index contributed by atoms with van der Waals surface area (Å²) in [6.45, 7) is 5.51. The maximum atomic E-state index is 8.97. The molecule has 0 fully saturated rings. The maximum absolute atomic E-state index is 8.97. The second-order valence-electron chi connectivity index (χ2n) is 4.05. The third-order valence-electron chi connectivity index (χ3n) is 2.16. The summed E-state index contributed by atoms with van der Waals surface area (Å²) in [5.41, 5.74) is 0.329. The van der Waals surface area contributed by atoms with Gasteiger partial charge in [0, 0.05) is 12.4 Å². The molecule has 0 aliphatic rings. The SMILES string of the molecule is Cc1cnc2nc(C(C)(C)C#N)nn2c1. The van der Waals surface area contributed by atoms with Crippen LogP contribution < -0.4 is 0 Å². The van der Waals surface area contributed by atoms with E-state index in [1.807, 2.05) is 13.1 Å². The van der Waals surface area contributed by atoms with Crippen LogP contribution in [-0.4, -0.2) is 19.6 Å². The molecule has 0 aliphatic heterocycles. The van der Waals surface area contributed by atoms with Crippen LogP contribution in [0.3, 0.4) is 0 Å². The summed E-state index contributed by atoms with van der Waals surface area (Å²) >= 11 is 0. The predicted octanol–water partition coefficient (Wildman–Crippen LogP) is 1.23. The first-order valence-corrected chi connectivity index (χ1v) is 4.64. The molecular weight excluding hydrogens is 190 g/mol. The molecule has 5 heteroatoms. The van der Waals surface area contributed by atoms with Gasteiger partial charge in [-0.3, -0.25) is 0 Å². The van der Waals surface area contributed by atoms with Crippen molar-refractivity contribution in [2.75, 3.05) is 0 Å². The zero-order valence-electron chi connectivity index (χ0n) is 8.89. The Bertz CT molecular complexity index is 546. The van der Waals surface area contributed by atoms with E-state index < -0.39 is 5.41 Å². The highest BCUT2D eigenvalue weighted by molar-refractivity contribution is 5.30. The second-order valence-corrected chi connectivity index (χ2v) is 4.05. The average molecular weight is 201 g/mol. The Morgan fingerprint density at radius 2 is 2.20 bits per heavy atom. The van der Waals surface area contributed by atoms with Gasteiger partial charge in [-0.25, -0.2) is 9.50 Å². The molecule has 0 saturated heterocycles. The number of aromatic nitrogens is 4. The Kier molecular flexibility index (Phi) is 1.93. The van der Waals surface area contributed by atoms with Crippen molar-refractivity contribution < 1.29 is 0 Å².